The normalized spacial score (nSPS) is 17.8. The van der Waals surface area contributed by atoms with Gasteiger partial charge in [0.05, 0.1) is 48.0 Å². The molecule has 266 valence electrons. The number of aryl methyl sites for hydroxylation is 1. The first-order chi connectivity index (χ1) is 22.5. The third kappa shape index (κ3) is 11.8. The van der Waals surface area contributed by atoms with E-state index in [0.717, 1.165) is 21.7 Å². The average molecular weight is 690 g/mol. The van der Waals surface area contributed by atoms with Gasteiger partial charge in [-0.05, 0) is 51.2 Å². The summed E-state index contributed by atoms with van der Waals surface area (Å²) >= 11 is 1.57. The highest BCUT2D eigenvalue weighted by Crippen LogP contribution is 2.29. The summed E-state index contributed by atoms with van der Waals surface area (Å²) in [4.78, 5) is 58.5. The van der Waals surface area contributed by atoms with Gasteiger partial charge in [0.15, 0.2) is 0 Å². The van der Waals surface area contributed by atoms with E-state index in [0.29, 0.717) is 0 Å². The van der Waals surface area contributed by atoms with E-state index < -0.39 is 47.1 Å². The summed E-state index contributed by atoms with van der Waals surface area (Å²) < 4.78 is 16.0. The Kier molecular flexibility index (Phi) is 13.9. The van der Waals surface area contributed by atoms with Gasteiger partial charge in [0.25, 0.3) is 0 Å². The summed E-state index contributed by atoms with van der Waals surface area (Å²) in [6.07, 6.45) is -1.31. The maximum Gasteiger partial charge on any atom is 0.407 e. The van der Waals surface area contributed by atoms with Crippen molar-refractivity contribution < 1.29 is 38.5 Å². The van der Waals surface area contributed by atoms with Crippen molar-refractivity contribution in [3.8, 4) is 10.4 Å². The highest BCUT2D eigenvalue weighted by atomic mass is 32.1. The number of ether oxygens (including phenoxy) is 3. The number of rotatable bonds is 14. The number of aliphatic hydroxyl groups excluding tert-OH is 1. The van der Waals surface area contributed by atoms with Crippen LogP contribution >= 0.6 is 11.3 Å². The van der Waals surface area contributed by atoms with Crippen LogP contribution in [0.2, 0.25) is 0 Å². The van der Waals surface area contributed by atoms with Crippen LogP contribution in [0.3, 0.4) is 0 Å². The molecule has 3 rings (SSSR count). The van der Waals surface area contributed by atoms with Gasteiger partial charge in [0.1, 0.15) is 24.3 Å². The first kappa shape index (κ1) is 38.9. The lowest BCUT2D eigenvalue weighted by Gasteiger charge is -2.35. The molecule has 48 heavy (non-hydrogen) atoms. The molecule has 0 aliphatic carbocycles. The number of carbonyl (C=O) groups is 4. The molecule has 1 aliphatic heterocycles. The van der Waals surface area contributed by atoms with Crippen LogP contribution in [-0.2, 0) is 28.6 Å². The van der Waals surface area contributed by atoms with Gasteiger partial charge in [-0.3, -0.25) is 14.4 Å². The second-order valence-corrected chi connectivity index (χ2v) is 14.8. The number of hydrogen-bond donors (Lipinski definition) is 4. The molecule has 0 radical (unpaired) electrons. The van der Waals surface area contributed by atoms with Crippen LogP contribution in [0.1, 0.15) is 72.2 Å². The molecule has 13 nitrogen and oxygen atoms in total. The fourth-order valence-corrected chi connectivity index (χ4v) is 5.95. The zero-order chi connectivity index (χ0) is 35.6. The van der Waals surface area contributed by atoms with Crippen LogP contribution in [0.25, 0.3) is 10.4 Å². The van der Waals surface area contributed by atoms with Gasteiger partial charge in [-0.15, -0.1) is 11.3 Å². The first-order valence-corrected chi connectivity index (χ1v) is 17.0. The van der Waals surface area contributed by atoms with Gasteiger partial charge in [0, 0.05) is 19.5 Å². The lowest BCUT2D eigenvalue weighted by atomic mass is 9.85. The summed E-state index contributed by atoms with van der Waals surface area (Å²) in [6.45, 7) is 15.1. The lowest BCUT2D eigenvalue weighted by molar-refractivity contribution is -0.144. The van der Waals surface area contributed by atoms with Crippen molar-refractivity contribution in [1.29, 1.82) is 0 Å². The summed E-state index contributed by atoms with van der Waals surface area (Å²) in [5, 5.41) is 18.8. The second-order valence-electron chi connectivity index (χ2n) is 14.0. The first-order valence-electron chi connectivity index (χ1n) is 16.2. The molecule has 14 heteroatoms. The van der Waals surface area contributed by atoms with Gasteiger partial charge in [-0.25, -0.2) is 9.78 Å². The van der Waals surface area contributed by atoms with Crippen LogP contribution in [0.4, 0.5) is 4.79 Å². The number of benzene rings is 1. The highest BCUT2D eigenvalue weighted by molar-refractivity contribution is 7.13. The molecule has 1 aliphatic rings. The topological polar surface area (TPSA) is 168 Å². The fourth-order valence-electron chi connectivity index (χ4n) is 5.14. The smallest absolute Gasteiger partial charge is 0.407 e. The van der Waals surface area contributed by atoms with Crippen molar-refractivity contribution in [3.63, 3.8) is 0 Å². The Bertz CT molecular complexity index is 1390. The van der Waals surface area contributed by atoms with E-state index in [1.54, 1.807) is 32.1 Å². The van der Waals surface area contributed by atoms with Crippen LogP contribution in [0, 0.1) is 12.3 Å². The van der Waals surface area contributed by atoms with Gasteiger partial charge < -0.3 is 40.2 Å². The monoisotopic (exact) mass is 689 g/mol. The Labute approximate surface area is 287 Å². The number of carbonyl (C=O) groups excluding carboxylic acids is 4. The number of amides is 4. The number of hydrogen-bond acceptors (Lipinski definition) is 10. The molecule has 1 aromatic carbocycles. The van der Waals surface area contributed by atoms with E-state index >= 15 is 0 Å². The molecule has 1 aromatic heterocycles. The van der Waals surface area contributed by atoms with E-state index in [1.807, 2.05) is 64.4 Å². The molecule has 4 N–H and O–H groups in total. The minimum absolute atomic E-state index is 0.0206. The summed E-state index contributed by atoms with van der Waals surface area (Å²) in [5.41, 5.74) is 3.43. The Morgan fingerprint density at radius 2 is 1.69 bits per heavy atom. The van der Waals surface area contributed by atoms with Crippen molar-refractivity contribution in [2.75, 3.05) is 39.5 Å². The number of nitrogens with one attached hydrogen (secondary N) is 3. The molecule has 0 spiro atoms. The standard InChI is InChI=1S/C34H51N5O8S/c1-21(23-9-11-24(12-10-23)28-22(2)36-20-48-28)37-30(42)26-17-25(40)18-39(26)31(43)29(33(3,4)5)38-27(41)19-46-16-15-45-14-13-35-32(44)47-34(6,7)8/h9-12,20-21,25-26,29,40H,13-19H2,1-8H3,(H,35,44)(H,37,42)(H,38,41)/t21-,25+,26-,29+/m0/s1. The highest BCUT2D eigenvalue weighted by Gasteiger charge is 2.44. The largest absolute Gasteiger partial charge is 0.444 e. The Morgan fingerprint density at radius 3 is 2.29 bits per heavy atom. The maximum atomic E-state index is 13.8. The molecule has 4 atom stereocenters. The molecule has 2 heterocycles. The summed E-state index contributed by atoms with van der Waals surface area (Å²) in [7, 11) is 0. The number of likely N-dealkylation sites (tertiary alicyclic amines) is 1. The molecule has 1 fully saturated rings. The van der Waals surface area contributed by atoms with Crippen LogP contribution in [0.15, 0.2) is 29.8 Å². The number of aliphatic hydroxyl groups is 1. The minimum Gasteiger partial charge on any atom is -0.444 e. The number of alkyl carbamates (subject to hydrolysis) is 1. The molecule has 1 saturated heterocycles. The average Bonchev–Trinajstić information content (AvgIpc) is 3.60. The Morgan fingerprint density at radius 1 is 1.02 bits per heavy atom. The van der Waals surface area contributed by atoms with E-state index in [2.05, 4.69) is 20.9 Å². The third-order valence-corrected chi connectivity index (χ3v) is 8.56. The maximum absolute atomic E-state index is 13.8. The van der Waals surface area contributed by atoms with E-state index in [9.17, 15) is 24.3 Å². The molecule has 0 bridgehead atoms. The Hall–Kier alpha value is -3.59. The number of β-amino-alcohol motifs (C(OH)–C–C–N with tert-alkyl or cyclic N) is 1. The van der Waals surface area contributed by atoms with E-state index in [4.69, 9.17) is 14.2 Å². The second kappa shape index (κ2) is 17.2. The minimum atomic E-state index is -0.968. The van der Waals surface area contributed by atoms with E-state index in [1.165, 1.54) is 4.90 Å². The van der Waals surface area contributed by atoms with Gasteiger partial charge >= 0.3 is 6.09 Å². The lowest BCUT2D eigenvalue weighted by Crippen LogP contribution is -2.58. The zero-order valence-electron chi connectivity index (χ0n) is 29.3. The summed E-state index contributed by atoms with van der Waals surface area (Å²) in [5.74, 6) is -1.33. The van der Waals surface area contributed by atoms with Crippen molar-refractivity contribution in [3.05, 3.63) is 41.0 Å². The molecule has 2 aromatic rings. The van der Waals surface area contributed by atoms with E-state index in [-0.39, 0.29) is 57.9 Å². The molecular formula is C34H51N5O8S. The van der Waals surface area contributed by atoms with Crippen LogP contribution < -0.4 is 16.0 Å². The van der Waals surface area contributed by atoms with Crippen molar-refractivity contribution >= 4 is 35.2 Å². The summed E-state index contributed by atoms with van der Waals surface area (Å²) in [6, 6.07) is 5.69. The molecule has 0 unspecified atom stereocenters. The predicted molar refractivity (Wildman–Crippen MR) is 182 cm³/mol. The number of thiazole rings is 1. The zero-order valence-corrected chi connectivity index (χ0v) is 30.1. The van der Waals surface area contributed by atoms with Gasteiger partial charge in [-0.2, -0.15) is 0 Å². The van der Waals surface area contributed by atoms with Crippen LogP contribution in [-0.4, -0.2) is 102 Å². The quantitative estimate of drug-likeness (QED) is 0.218. The number of nitrogens with zero attached hydrogens (tertiary/aromatic N) is 2. The fraction of sp³-hybridized carbons (Fsp3) is 0.618. The van der Waals surface area contributed by atoms with Crippen molar-refractivity contribution in [2.24, 2.45) is 5.41 Å². The predicted octanol–water partition coefficient (Wildman–Crippen LogP) is 3.35. The SMILES string of the molecule is Cc1ncsc1-c1ccc([C@H](C)NC(=O)[C@@H]2C[C@@H](O)CN2C(=O)[C@@H](NC(=O)COCCOCCNC(=O)OC(C)(C)C)C(C)(C)C)cc1. The van der Waals surface area contributed by atoms with Gasteiger partial charge in [-0.1, -0.05) is 45.0 Å². The number of aromatic nitrogens is 1. The van der Waals surface area contributed by atoms with Crippen molar-refractivity contribution in [2.45, 2.75) is 91.6 Å². The molecular weight excluding hydrogens is 638 g/mol. The molecule has 0 saturated carbocycles. The van der Waals surface area contributed by atoms with Gasteiger partial charge in [0.2, 0.25) is 17.7 Å². The molecule has 4 amide bonds. The Balaban J connectivity index is 1.50. The third-order valence-electron chi connectivity index (χ3n) is 7.58. The van der Waals surface area contributed by atoms with Crippen LogP contribution in [0.5, 0.6) is 0 Å². The van der Waals surface area contributed by atoms with Crippen molar-refractivity contribution in [1.82, 2.24) is 25.8 Å².